The van der Waals surface area contributed by atoms with Crippen LogP contribution >= 0.6 is 0 Å². The van der Waals surface area contributed by atoms with E-state index >= 15 is 0 Å². The highest BCUT2D eigenvalue weighted by molar-refractivity contribution is 5.66. The van der Waals surface area contributed by atoms with Crippen LogP contribution < -0.4 is 0 Å². The average Bonchev–Trinajstić information content (AvgIpc) is 2.71. The van der Waals surface area contributed by atoms with Crippen LogP contribution in [0.5, 0.6) is 0 Å². The number of carboxylic acid groups (broad SMARTS) is 1. The van der Waals surface area contributed by atoms with Gasteiger partial charge in [0.05, 0.1) is 0 Å². The minimum absolute atomic E-state index is 0.325. The first kappa shape index (κ1) is 27.9. The summed E-state index contributed by atoms with van der Waals surface area (Å²) in [7, 11) is 0. The van der Waals surface area contributed by atoms with E-state index in [-0.39, 0.29) is 0 Å². The third-order valence-electron chi connectivity index (χ3n) is 5.59. The molecule has 0 rings (SSSR count). The molecule has 2 nitrogen and oxygen atoms in total. The minimum atomic E-state index is -0.667. The SMILES string of the molecule is CCCCCCCCCCCCCCC=CCC=CCCCCCCCC(=O)O. The Morgan fingerprint density at radius 1 is 0.552 bits per heavy atom. The Morgan fingerprint density at radius 2 is 0.931 bits per heavy atom. The Hall–Kier alpha value is -1.05. The largest absolute Gasteiger partial charge is 0.481 e. The van der Waals surface area contributed by atoms with Gasteiger partial charge in [0.1, 0.15) is 0 Å². The molecule has 29 heavy (non-hydrogen) atoms. The molecule has 0 unspecified atom stereocenters. The maximum atomic E-state index is 10.4. The van der Waals surface area contributed by atoms with Crippen LogP contribution in [-0.2, 0) is 4.79 Å². The molecule has 0 aliphatic rings. The van der Waals surface area contributed by atoms with Gasteiger partial charge in [-0.25, -0.2) is 0 Å². The first-order chi connectivity index (χ1) is 14.3. The van der Waals surface area contributed by atoms with E-state index < -0.39 is 5.97 Å². The molecule has 0 bridgehead atoms. The second kappa shape index (κ2) is 25.0. The van der Waals surface area contributed by atoms with E-state index in [4.69, 9.17) is 5.11 Å². The third kappa shape index (κ3) is 26.9. The summed E-state index contributed by atoms with van der Waals surface area (Å²) >= 11 is 0. The average molecular weight is 407 g/mol. The van der Waals surface area contributed by atoms with Gasteiger partial charge >= 0.3 is 5.97 Å². The molecule has 0 aromatic heterocycles. The summed E-state index contributed by atoms with van der Waals surface area (Å²) in [5.74, 6) is -0.667. The first-order valence-electron chi connectivity index (χ1n) is 12.8. The Kier molecular flexibility index (Phi) is 24.1. The predicted molar refractivity (Wildman–Crippen MR) is 129 cm³/mol. The van der Waals surface area contributed by atoms with Crippen LogP contribution in [0.25, 0.3) is 0 Å². The smallest absolute Gasteiger partial charge is 0.303 e. The van der Waals surface area contributed by atoms with E-state index in [2.05, 4.69) is 31.2 Å². The standard InChI is InChI=1S/C27H50O2/c1-2-3-4-5-6-7-8-9-10-11-12-13-14-15-16-17-18-19-20-21-22-23-24-25-26-27(28)29/h15-16,18-19H,2-14,17,20-26H2,1H3,(H,28,29). The molecule has 0 spiro atoms. The quantitative estimate of drug-likeness (QED) is 0.135. The summed E-state index contributed by atoms with van der Waals surface area (Å²) in [6, 6.07) is 0. The Bertz CT molecular complexity index is 384. The number of hydrogen-bond donors (Lipinski definition) is 1. The van der Waals surface area contributed by atoms with Crippen molar-refractivity contribution in [2.24, 2.45) is 0 Å². The molecule has 170 valence electrons. The van der Waals surface area contributed by atoms with E-state index in [0.717, 1.165) is 25.7 Å². The van der Waals surface area contributed by atoms with Crippen molar-refractivity contribution in [1.82, 2.24) is 0 Å². The van der Waals surface area contributed by atoms with Crippen molar-refractivity contribution in [3.8, 4) is 0 Å². The van der Waals surface area contributed by atoms with E-state index in [1.54, 1.807) is 0 Å². The van der Waals surface area contributed by atoms with Gasteiger partial charge < -0.3 is 5.11 Å². The zero-order valence-corrected chi connectivity index (χ0v) is 19.5. The van der Waals surface area contributed by atoms with Crippen molar-refractivity contribution >= 4 is 5.97 Å². The zero-order chi connectivity index (χ0) is 21.3. The molecular formula is C27H50O2. The highest BCUT2D eigenvalue weighted by Gasteiger charge is 1.96. The molecule has 0 amide bonds. The zero-order valence-electron chi connectivity index (χ0n) is 19.5. The third-order valence-corrected chi connectivity index (χ3v) is 5.59. The first-order valence-corrected chi connectivity index (χ1v) is 12.8. The number of carbonyl (C=O) groups is 1. The normalized spacial score (nSPS) is 11.8. The summed E-state index contributed by atoms with van der Waals surface area (Å²) in [5.41, 5.74) is 0. The maximum Gasteiger partial charge on any atom is 0.303 e. The summed E-state index contributed by atoms with van der Waals surface area (Å²) in [5, 5.41) is 8.58. The molecule has 0 saturated heterocycles. The minimum Gasteiger partial charge on any atom is -0.481 e. The predicted octanol–water partition coefficient (Wildman–Crippen LogP) is 9.40. The van der Waals surface area contributed by atoms with E-state index in [0.29, 0.717) is 6.42 Å². The molecule has 0 saturated carbocycles. The molecule has 2 heteroatoms. The molecule has 0 aromatic rings. The van der Waals surface area contributed by atoms with Gasteiger partial charge in [-0.15, -0.1) is 0 Å². The monoisotopic (exact) mass is 406 g/mol. The van der Waals surface area contributed by atoms with Crippen molar-refractivity contribution in [1.29, 1.82) is 0 Å². The lowest BCUT2D eigenvalue weighted by molar-refractivity contribution is -0.137. The van der Waals surface area contributed by atoms with Gasteiger partial charge in [-0.2, -0.15) is 0 Å². The molecule has 0 atom stereocenters. The van der Waals surface area contributed by atoms with Crippen molar-refractivity contribution in [2.75, 3.05) is 0 Å². The van der Waals surface area contributed by atoms with E-state index in [9.17, 15) is 4.79 Å². The lowest BCUT2D eigenvalue weighted by Gasteiger charge is -2.02. The van der Waals surface area contributed by atoms with Crippen LogP contribution in [0.15, 0.2) is 24.3 Å². The molecule has 0 fully saturated rings. The molecule has 0 aliphatic carbocycles. The van der Waals surface area contributed by atoms with Gasteiger partial charge in [0.2, 0.25) is 0 Å². The van der Waals surface area contributed by atoms with Gasteiger partial charge in [-0.1, -0.05) is 121 Å². The van der Waals surface area contributed by atoms with Crippen molar-refractivity contribution in [3.63, 3.8) is 0 Å². The van der Waals surface area contributed by atoms with Gasteiger partial charge in [0, 0.05) is 6.42 Å². The highest BCUT2D eigenvalue weighted by Crippen LogP contribution is 2.12. The van der Waals surface area contributed by atoms with E-state index in [1.807, 2.05) is 0 Å². The van der Waals surface area contributed by atoms with Crippen molar-refractivity contribution < 1.29 is 9.90 Å². The van der Waals surface area contributed by atoms with Gasteiger partial charge in [-0.3, -0.25) is 4.79 Å². The van der Waals surface area contributed by atoms with E-state index in [1.165, 1.54) is 103 Å². The number of hydrogen-bond acceptors (Lipinski definition) is 1. The molecule has 1 N–H and O–H groups in total. The fraction of sp³-hybridized carbons (Fsp3) is 0.815. The van der Waals surface area contributed by atoms with Crippen LogP contribution in [0.1, 0.15) is 142 Å². The number of unbranched alkanes of at least 4 members (excludes halogenated alkanes) is 17. The second-order valence-electron chi connectivity index (χ2n) is 8.56. The summed E-state index contributed by atoms with van der Waals surface area (Å²) in [4.78, 5) is 10.4. The number of rotatable bonds is 23. The topological polar surface area (TPSA) is 37.3 Å². The highest BCUT2D eigenvalue weighted by atomic mass is 16.4. The molecule has 0 aromatic carbocycles. The fourth-order valence-electron chi connectivity index (χ4n) is 3.68. The van der Waals surface area contributed by atoms with Crippen LogP contribution in [0, 0.1) is 0 Å². The fourth-order valence-corrected chi connectivity index (χ4v) is 3.68. The Labute approximate surface area is 182 Å². The number of aliphatic carboxylic acids is 1. The molecule has 0 aliphatic heterocycles. The summed E-state index contributed by atoms with van der Waals surface area (Å²) < 4.78 is 0. The van der Waals surface area contributed by atoms with Crippen molar-refractivity contribution in [2.45, 2.75) is 142 Å². The molecule has 0 heterocycles. The number of allylic oxidation sites excluding steroid dienone is 4. The number of carboxylic acids is 1. The van der Waals surface area contributed by atoms with Gasteiger partial charge in [0.25, 0.3) is 0 Å². The van der Waals surface area contributed by atoms with Crippen LogP contribution in [0.2, 0.25) is 0 Å². The molecular weight excluding hydrogens is 356 g/mol. The van der Waals surface area contributed by atoms with Crippen LogP contribution in [0.3, 0.4) is 0 Å². The van der Waals surface area contributed by atoms with Gasteiger partial charge in [-0.05, 0) is 38.5 Å². The second-order valence-corrected chi connectivity index (χ2v) is 8.56. The van der Waals surface area contributed by atoms with Crippen molar-refractivity contribution in [3.05, 3.63) is 24.3 Å². The lowest BCUT2D eigenvalue weighted by Crippen LogP contribution is -1.93. The Balaban J connectivity index is 3.16. The summed E-state index contributed by atoms with van der Waals surface area (Å²) in [6.45, 7) is 2.29. The van der Waals surface area contributed by atoms with Crippen LogP contribution in [0.4, 0.5) is 0 Å². The lowest BCUT2D eigenvalue weighted by atomic mass is 10.0. The van der Waals surface area contributed by atoms with Crippen LogP contribution in [-0.4, -0.2) is 11.1 Å². The molecule has 0 radical (unpaired) electrons. The summed E-state index contributed by atoms with van der Waals surface area (Å²) in [6.07, 6.45) is 35.6. The maximum absolute atomic E-state index is 10.4. The van der Waals surface area contributed by atoms with Gasteiger partial charge in [0.15, 0.2) is 0 Å². The Morgan fingerprint density at radius 3 is 1.34 bits per heavy atom.